The summed E-state index contributed by atoms with van der Waals surface area (Å²) < 4.78 is 0. The minimum atomic E-state index is 0.406. The molecule has 1 aliphatic heterocycles. The lowest BCUT2D eigenvalue weighted by atomic mass is 10.0. The smallest absolute Gasteiger partial charge is 0.225 e. The van der Waals surface area contributed by atoms with Crippen molar-refractivity contribution >= 4 is 11.8 Å². The number of nitrogens with zero attached hydrogens (tertiary/aromatic N) is 6. The molecule has 3 rings (SSSR count). The van der Waals surface area contributed by atoms with Crippen LogP contribution in [0.25, 0.3) is 0 Å². The lowest BCUT2D eigenvalue weighted by Gasteiger charge is -2.37. The van der Waals surface area contributed by atoms with Crippen molar-refractivity contribution in [2.75, 3.05) is 29.9 Å². The van der Waals surface area contributed by atoms with Crippen molar-refractivity contribution in [3.8, 4) is 6.07 Å². The van der Waals surface area contributed by atoms with E-state index < -0.39 is 0 Å². The molecule has 3 heterocycles. The zero-order valence-corrected chi connectivity index (χ0v) is 13.5. The van der Waals surface area contributed by atoms with Crippen LogP contribution in [0.1, 0.15) is 24.0 Å². The van der Waals surface area contributed by atoms with E-state index in [0.717, 1.165) is 43.3 Å². The number of aromatic nitrogens is 3. The van der Waals surface area contributed by atoms with Crippen LogP contribution < -0.4 is 9.80 Å². The highest BCUT2D eigenvalue weighted by atomic mass is 15.3. The Morgan fingerprint density at radius 3 is 2.57 bits per heavy atom. The van der Waals surface area contributed by atoms with Gasteiger partial charge in [-0.2, -0.15) is 5.26 Å². The number of pyridine rings is 1. The molecule has 0 spiro atoms. The summed E-state index contributed by atoms with van der Waals surface area (Å²) >= 11 is 0. The molecule has 0 N–H and O–H groups in total. The Morgan fingerprint density at radius 1 is 1.22 bits per heavy atom. The first-order valence-corrected chi connectivity index (χ1v) is 7.80. The molecule has 0 unspecified atom stereocenters. The quantitative estimate of drug-likeness (QED) is 0.865. The molecule has 1 aliphatic rings. The van der Waals surface area contributed by atoms with Crippen LogP contribution in [0.5, 0.6) is 0 Å². The molecule has 0 radical (unpaired) electrons. The standard InChI is InChI=1S/C17H20N6/c1-13-11-20-17(21-12-13)22(2)15-5-8-23(9-6-15)16-14(10-18)4-3-7-19-16/h3-4,7,11-12,15H,5-6,8-9H2,1-2H3. The SMILES string of the molecule is Cc1cnc(N(C)C2CCN(c3ncccc3C#N)CC2)nc1. The van der Waals surface area contributed by atoms with Gasteiger partial charge >= 0.3 is 0 Å². The van der Waals surface area contributed by atoms with E-state index in [1.807, 2.05) is 32.4 Å². The lowest BCUT2D eigenvalue weighted by Crippen LogP contribution is -2.44. The molecule has 118 valence electrons. The second-order valence-electron chi connectivity index (χ2n) is 5.88. The Balaban J connectivity index is 1.66. The molecule has 6 heteroatoms. The van der Waals surface area contributed by atoms with E-state index in [-0.39, 0.29) is 0 Å². The van der Waals surface area contributed by atoms with Crippen molar-refractivity contribution in [3.05, 3.63) is 41.9 Å². The van der Waals surface area contributed by atoms with E-state index in [2.05, 4.69) is 30.8 Å². The summed E-state index contributed by atoms with van der Waals surface area (Å²) in [7, 11) is 2.05. The van der Waals surface area contributed by atoms with Gasteiger partial charge in [-0.05, 0) is 37.5 Å². The van der Waals surface area contributed by atoms with Gasteiger partial charge < -0.3 is 9.80 Å². The monoisotopic (exact) mass is 308 g/mol. The van der Waals surface area contributed by atoms with E-state index in [1.165, 1.54) is 0 Å². The van der Waals surface area contributed by atoms with Gasteiger partial charge in [-0.15, -0.1) is 0 Å². The summed E-state index contributed by atoms with van der Waals surface area (Å²) in [5, 5.41) is 9.22. The summed E-state index contributed by atoms with van der Waals surface area (Å²) in [6.07, 6.45) is 7.43. The van der Waals surface area contributed by atoms with Gasteiger partial charge in [-0.25, -0.2) is 15.0 Å². The molecule has 0 saturated carbocycles. The number of rotatable bonds is 3. The average Bonchev–Trinajstić information content (AvgIpc) is 2.62. The first kappa shape index (κ1) is 15.2. The van der Waals surface area contributed by atoms with E-state index in [4.69, 9.17) is 0 Å². The van der Waals surface area contributed by atoms with Crippen LogP contribution >= 0.6 is 0 Å². The predicted octanol–water partition coefficient (Wildman–Crippen LogP) is 2.16. The molecule has 1 saturated heterocycles. The molecule has 2 aromatic rings. The van der Waals surface area contributed by atoms with Gasteiger partial charge in [0.05, 0.1) is 5.56 Å². The zero-order valence-electron chi connectivity index (χ0n) is 13.5. The fourth-order valence-electron chi connectivity index (χ4n) is 2.93. The number of aryl methyl sites for hydroxylation is 1. The number of hydrogen-bond acceptors (Lipinski definition) is 6. The number of anilines is 2. The minimum Gasteiger partial charge on any atom is -0.355 e. The molecule has 0 aliphatic carbocycles. The van der Waals surface area contributed by atoms with Gasteiger partial charge in [0, 0.05) is 44.8 Å². The Bertz CT molecular complexity index is 698. The van der Waals surface area contributed by atoms with Crippen LogP contribution in [-0.2, 0) is 0 Å². The van der Waals surface area contributed by atoms with E-state index in [1.54, 1.807) is 12.3 Å². The Hall–Kier alpha value is -2.68. The average molecular weight is 308 g/mol. The second-order valence-corrected chi connectivity index (χ2v) is 5.88. The molecule has 6 nitrogen and oxygen atoms in total. The summed E-state index contributed by atoms with van der Waals surface area (Å²) in [6.45, 7) is 3.75. The van der Waals surface area contributed by atoms with Crippen molar-refractivity contribution in [1.82, 2.24) is 15.0 Å². The maximum atomic E-state index is 9.22. The highest BCUT2D eigenvalue weighted by Crippen LogP contribution is 2.24. The van der Waals surface area contributed by atoms with Crippen LogP contribution in [0.4, 0.5) is 11.8 Å². The summed E-state index contributed by atoms with van der Waals surface area (Å²) in [5.41, 5.74) is 1.71. The molecule has 0 bridgehead atoms. The zero-order chi connectivity index (χ0) is 16.2. The maximum absolute atomic E-state index is 9.22. The lowest BCUT2D eigenvalue weighted by molar-refractivity contribution is 0.475. The highest BCUT2D eigenvalue weighted by Gasteiger charge is 2.25. The molecular formula is C17H20N6. The van der Waals surface area contributed by atoms with Crippen molar-refractivity contribution < 1.29 is 0 Å². The minimum absolute atomic E-state index is 0.406. The fourth-order valence-corrected chi connectivity index (χ4v) is 2.93. The predicted molar refractivity (Wildman–Crippen MR) is 89.4 cm³/mol. The Morgan fingerprint density at radius 2 is 1.91 bits per heavy atom. The normalized spacial score (nSPS) is 15.3. The van der Waals surface area contributed by atoms with E-state index in [0.29, 0.717) is 11.6 Å². The van der Waals surface area contributed by atoms with E-state index >= 15 is 0 Å². The van der Waals surface area contributed by atoms with Crippen LogP contribution in [0.3, 0.4) is 0 Å². The van der Waals surface area contributed by atoms with Crippen LogP contribution in [0.15, 0.2) is 30.7 Å². The van der Waals surface area contributed by atoms with Crippen LogP contribution in [-0.4, -0.2) is 41.1 Å². The van der Waals surface area contributed by atoms with Gasteiger partial charge in [0.2, 0.25) is 5.95 Å². The van der Waals surface area contributed by atoms with Crippen molar-refractivity contribution in [1.29, 1.82) is 5.26 Å². The van der Waals surface area contributed by atoms with Crippen molar-refractivity contribution in [3.63, 3.8) is 0 Å². The van der Waals surface area contributed by atoms with E-state index in [9.17, 15) is 5.26 Å². The number of piperidine rings is 1. The summed E-state index contributed by atoms with van der Waals surface area (Å²) in [4.78, 5) is 17.5. The van der Waals surface area contributed by atoms with Gasteiger partial charge in [-0.3, -0.25) is 0 Å². The summed E-state index contributed by atoms with van der Waals surface area (Å²) in [5.74, 6) is 1.56. The largest absolute Gasteiger partial charge is 0.355 e. The fraction of sp³-hybridized carbons (Fsp3) is 0.412. The molecule has 23 heavy (non-hydrogen) atoms. The molecular weight excluding hydrogens is 288 g/mol. The molecule has 1 fully saturated rings. The highest BCUT2D eigenvalue weighted by molar-refractivity contribution is 5.53. The maximum Gasteiger partial charge on any atom is 0.225 e. The molecule has 2 aromatic heterocycles. The third kappa shape index (κ3) is 3.24. The first-order valence-electron chi connectivity index (χ1n) is 7.80. The number of nitriles is 1. The van der Waals surface area contributed by atoms with Gasteiger partial charge in [0.1, 0.15) is 11.9 Å². The van der Waals surface area contributed by atoms with Gasteiger partial charge in [-0.1, -0.05) is 0 Å². The number of hydrogen-bond donors (Lipinski definition) is 0. The third-order valence-electron chi connectivity index (χ3n) is 4.30. The second kappa shape index (κ2) is 6.61. The molecule has 0 aromatic carbocycles. The Labute approximate surface area is 136 Å². The van der Waals surface area contributed by atoms with Gasteiger partial charge in [0.25, 0.3) is 0 Å². The van der Waals surface area contributed by atoms with Crippen LogP contribution in [0, 0.1) is 18.3 Å². The molecule has 0 atom stereocenters. The van der Waals surface area contributed by atoms with Crippen molar-refractivity contribution in [2.24, 2.45) is 0 Å². The Kier molecular flexibility index (Phi) is 4.38. The van der Waals surface area contributed by atoms with Gasteiger partial charge in [0.15, 0.2) is 0 Å². The topological polar surface area (TPSA) is 68.9 Å². The van der Waals surface area contributed by atoms with Crippen molar-refractivity contribution in [2.45, 2.75) is 25.8 Å². The third-order valence-corrected chi connectivity index (χ3v) is 4.30. The molecule has 0 amide bonds. The first-order chi connectivity index (χ1) is 11.2. The summed E-state index contributed by atoms with van der Waals surface area (Å²) in [6, 6.07) is 6.25. The van der Waals surface area contributed by atoms with Crippen LogP contribution in [0.2, 0.25) is 0 Å².